The number of aromatic nitrogens is 5. The standard InChI is InChI=1S/C23H23F3N6O/c1-13-7-5-6-8-17(13)11-31-15(3)10-19(30-31)28-20(33)12-32-22-21(16(4)29-32)18(23(24,25)26)9-14(2)27-22/h5-10H,11-12H2,1-4H3,(H,28,30,33). The molecule has 1 aromatic carbocycles. The number of hydrogen-bond acceptors (Lipinski definition) is 4. The molecule has 1 amide bonds. The first-order valence-electron chi connectivity index (χ1n) is 10.3. The number of fused-ring (bicyclic) bond motifs is 1. The van der Waals surface area contributed by atoms with Crippen molar-refractivity contribution in [2.45, 2.75) is 47.0 Å². The van der Waals surface area contributed by atoms with E-state index in [4.69, 9.17) is 0 Å². The maximum absolute atomic E-state index is 13.5. The topological polar surface area (TPSA) is 77.6 Å². The Labute approximate surface area is 188 Å². The molecule has 0 radical (unpaired) electrons. The third-order valence-corrected chi connectivity index (χ3v) is 5.43. The zero-order valence-corrected chi connectivity index (χ0v) is 18.7. The van der Waals surface area contributed by atoms with Gasteiger partial charge in [0, 0.05) is 17.5 Å². The van der Waals surface area contributed by atoms with Crippen molar-refractivity contribution in [3.63, 3.8) is 0 Å². The van der Waals surface area contributed by atoms with Crippen LogP contribution < -0.4 is 5.32 Å². The van der Waals surface area contributed by atoms with Gasteiger partial charge in [-0.1, -0.05) is 24.3 Å². The lowest BCUT2D eigenvalue weighted by molar-refractivity contribution is -0.136. The zero-order chi connectivity index (χ0) is 23.9. The van der Waals surface area contributed by atoms with Crippen LogP contribution in [-0.2, 0) is 24.1 Å². The van der Waals surface area contributed by atoms with Crippen LogP contribution in [0.3, 0.4) is 0 Å². The molecule has 10 heteroatoms. The summed E-state index contributed by atoms with van der Waals surface area (Å²) in [4.78, 5) is 16.9. The molecule has 7 nitrogen and oxygen atoms in total. The maximum Gasteiger partial charge on any atom is 0.417 e. The number of amides is 1. The molecule has 0 fully saturated rings. The number of halogens is 3. The van der Waals surface area contributed by atoms with Crippen molar-refractivity contribution in [1.29, 1.82) is 0 Å². The number of carbonyl (C=O) groups is 1. The lowest BCUT2D eigenvalue weighted by atomic mass is 10.1. The molecule has 0 atom stereocenters. The van der Waals surface area contributed by atoms with Crippen molar-refractivity contribution in [3.05, 3.63) is 70.2 Å². The molecule has 4 aromatic rings. The molecule has 0 bridgehead atoms. The Bertz CT molecular complexity index is 1350. The molecule has 3 aromatic heterocycles. The number of anilines is 1. The second kappa shape index (κ2) is 8.34. The molecule has 0 saturated heterocycles. The molecule has 4 rings (SSSR count). The lowest BCUT2D eigenvalue weighted by Crippen LogP contribution is -2.20. The number of hydrogen-bond donors (Lipinski definition) is 1. The largest absolute Gasteiger partial charge is 0.417 e. The summed E-state index contributed by atoms with van der Waals surface area (Å²) >= 11 is 0. The Balaban J connectivity index is 1.55. The van der Waals surface area contributed by atoms with Crippen molar-refractivity contribution in [3.8, 4) is 0 Å². The Morgan fingerprint density at radius 1 is 1.03 bits per heavy atom. The highest BCUT2D eigenvalue weighted by molar-refractivity contribution is 5.91. The van der Waals surface area contributed by atoms with Gasteiger partial charge in [-0.25, -0.2) is 9.67 Å². The van der Waals surface area contributed by atoms with Crippen LogP contribution in [0.15, 0.2) is 36.4 Å². The molecule has 0 aliphatic rings. The molecule has 0 unspecified atom stereocenters. The van der Waals surface area contributed by atoms with E-state index in [1.54, 1.807) is 10.7 Å². The summed E-state index contributed by atoms with van der Waals surface area (Å²) in [6, 6.07) is 10.7. The molecule has 0 saturated carbocycles. The molecule has 3 heterocycles. The maximum atomic E-state index is 13.5. The SMILES string of the molecule is Cc1cc(C(F)(F)F)c2c(C)nn(CC(=O)Nc3cc(C)n(Cc4ccccc4C)n3)c2n1. The lowest BCUT2D eigenvalue weighted by Gasteiger charge is -2.10. The number of aryl methyl sites for hydroxylation is 4. The number of nitrogens with one attached hydrogen (secondary N) is 1. The van der Waals surface area contributed by atoms with Gasteiger partial charge in [0.2, 0.25) is 5.91 Å². The van der Waals surface area contributed by atoms with Crippen LogP contribution in [0, 0.1) is 27.7 Å². The molecule has 1 N–H and O–H groups in total. The zero-order valence-electron chi connectivity index (χ0n) is 18.7. The number of alkyl halides is 3. The first kappa shape index (κ1) is 22.5. The summed E-state index contributed by atoms with van der Waals surface area (Å²) in [5.41, 5.74) is 2.69. The summed E-state index contributed by atoms with van der Waals surface area (Å²) in [5, 5.41) is 11.2. The fraction of sp³-hybridized carbons (Fsp3) is 0.304. The third-order valence-electron chi connectivity index (χ3n) is 5.43. The van der Waals surface area contributed by atoms with Gasteiger partial charge >= 0.3 is 6.18 Å². The molecule has 33 heavy (non-hydrogen) atoms. The predicted molar refractivity (Wildman–Crippen MR) is 118 cm³/mol. The molecular weight excluding hydrogens is 433 g/mol. The highest BCUT2D eigenvalue weighted by Crippen LogP contribution is 2.36. The Kier molecular flexibility index (Phi) is 5.69. The van der Waals surface area contributed by atoms with Crippen LogP contribution in [0.5, 0.6) is 0 Å². The average molecular weight is 456 g/mol. The van der Waals surface area contributed by atoms with Gasteiger partial charge in [-0.3, -0.25) is 9.48 Å². The third kappa shape index (κ3) is 4.59. The first-order chi connectivity index (χ1) is 15.5. The summed E-state index contributed by atoms with van der Waals surface area (Å²) in [5.74, 6) is -0.101. The van der Waals surface area contributed by atoms with Gasteiger partial charge in [-0.05, 0) is 44.9 Å². The van der Waals surface area contributed by atoms with Gasteiger partial charge in [0.1, 0.15) is 6.54 Å². The smallest absolute Gasteiger partial charge is 0.308 e. The van der Waals surface area contributed by atoms with E-state index in [-0.39, 0.29) is 29.0 Å². The van der Waals surface area contributed by atoms with Crippen LogP contribution in [0.25, 0.3) is 11.0 Å². The number of rotatable bonds is 5. The van der Waals surface area contributed by atoms with Crippen LogP contribution in [0.1, 0.15) is 33.8 Å². The first-order valence-corrected chi connectivity index (χ1v) is 10.3. The molecule has 0 aliphatic carbocycles. The van der Waals surface area contributed by atoms with E-state index >= 15 is 0 Å². The van der Waals surface area contributed by atoms with E-state index in [2.05, 4.69) is 20.5 Å². The van der Waals surface area contributed by atoms with E-state index in [1.165, 1.54) is 18.5 Å². The Hall–Kier alpha value is -3.69. The van der Waals surface area contributed by atoms with Gasteiger partial charge in [0.15, 0.2) is 11.5 Å². The minimum Gasteiger partial charge on any atom is -0.308 e. The number of nitrogens with zero attached hydrogens (tertiary/aromatic N) is 5. The van der Waals surface area contributed by atoms with Gasteiger partial charge in [-0.15, -0.1) is 0 Å². The monoisotopic (exact) mass is 456 g/mol. The van der Waals surface area contributed by atoms with E-state index in [1.807, 2.05) is 38.1 Å². The van der Waals surface area contributed by atoms with Crippen LogP contribution in [-0.4, -0.2) is 30.5 Å². The van der Waals surface area contributed by atoms with Crippen LogP contribution in [0.4, 0.5) is 19.0 Å². The minimum atomic E-state index is -4.55. The second-order valence-electron chi connectivity index (χ2n) is 8.05. The van der Waals surface area contributed by atoms with Crippen molar-refractivity contribution in [2.24, 2.45) is 0 Å². The van der Waals surface area contributed by atoms with Gasteiger partial charge in [-0.2, -0.15) is 23.4 Å². The van der Waals surface area contributed by atoms with Crippen LogP contribution >= 0.6 is 0 Å². The Morgan fingerprint density at radius 3 is 2.45 bits per heavy atom. The Morgan fingerprint density at radius 2 is 1.76 bits per heavy atom. The molecule has 172 valence electrons. The summed E-state index contributed by atoms with van der Waals surface area (Å²) in [7, 11) is 0. The second-order valence-corrected chi connectivity index (χ2v) is 8.05. The van der Waals surface area contributed by atoms with Crippen molar-refractivity contribution >= 4 is 22.8 Å². The van der Waals surface area contributed by atoms with E-state index in [9.17, 15) is 18.0 Å². The highest BCUT2D eigenvalue weighted by Gasteiger charge is 2.35. The average Bonchev–Trinajstić information content (AvgIpc) is 3.21. The van der Waals surface area contributed by atoms with E-state index in [0.29, 0.717) is 12.4 Å². The van der Waals surface area contributed by atoms with E-state index < -0.39 is 17.6 Å². The van der Waals surface area contributed by atoms with Gasteiger partial charge in [0.05, 0.1) is 23.2 Å². The van der Waals surface area contributed by atoms with E-state index in [0.717, 1.165) is 22.9 Å². The van der Waals surface area contributed by atoms with Crippen molar-refractivity contribution in [2.75, 3.05) is 5.32 Å². The number of pyridine rings is 1. The quantitative estimate of drug-likeness (QED) is 0.477. The van der Waals surface area contributed by atoms with Gasteiger partial charge in [0.25, 0.3) is 0 Å². The fourth-order valence-corrected chi connectivity index (χ4v) is 3.81. The summed E-state index contributed by atoms with van der Waals surface area (Å²) < 4.78 is 43.5. The number of benzene rings is 1. The van der Waals surface area contributed by atoms with Crippen LogP contribution in [0.2, 0.25) is 0 Å². The molecular formula is C23H23F3N6O. The number of carbonyl (C=O) groups excluding carboxylic acids is 1. The highest BCUT2D eigenvalue weighted by atomic mass is 19.4. The van der Waals surface area contributed by atoms with Crippen molar-refractivity contribution in [1.82, 2.24) is 24.5 Å². The fourth-order valence-electron chi connectivity index (χ4n) is 3.81. The molecule has 0 aliphatic heterocycles. The van der Waals surface area contributed by atoms with Crippen molar-refractivity contribution < 1.29 is 18.0 Å². The molecule has 0 spiro atoms. The van der Waals surface area contributed by atoms with Gasteiger partial charge < -0.3 is 5.32 Å². The minimum absolute atomic E-state index is 0.0243. The predicted octanol–water partition coefficient (Wildman–Crippen LogP) is 4.57. The summed E-state index contributed by atoms with van der Waals surface area (Å²) in [6.07, 6.45) is -4.55. The summed E-state index contributed by atoms with van der Waals surface area (Å²) in [6.45, 7) is 7.12. The normalized spacial score (nSPS) is 11.8.